The fourth-order valence-electron chi connectivity index (χ4n) is 5.82. The molecule has 230 valence electrons. The molecule has 0 spiro atoms. The minimum Gasteiger partial charge on any atom is -0.351 e. The molecule has 1 saturated heterocycles. The number of hydrogen-bond donors (Lipinski definition) is 2. The zero-order chi connectivity index (χ0) is 31.3. The Morgan fingerprint density at radius 3 is 2.47 bits per heavy atom. The van der Waals surface area contributed by atoms with Gasteiger partial charge in [-0.25, -0.2) is 14.8 Å². The van der Waals surface area contributed by atoms with Crippen molar-refractivity contribution in [2.24, 2.45) is 7.05 Å². The van der Waals surface area contributed by atoms with Crippen molar-refractivity contribution in [1.82, 2.24) is 34.9 Å². The molecule has 2 N–H and O–H groups in total. The molecule has 13 heteroatoms. The second-order valence-corrected chi connectivity index (χ2v) is 11.4. The van der Waals surface area contributed by atoms with Gasteiger partial charge in [-0.15, -0.1) is 0 Å². The summed E-state index contributed by atoms with van der Waals surface area (Å²) in [6, 6.07) is 15.7. The number of nitrogens with one attached hydrogen (secondary N) is 2. The van der Waals surface area contributed by atoms with Crippen molar-refractivity contribution < 1.29 is 9.59 Å². The van der Waals surface area contributed by atoms with Crippen LogP contribution in [0.2, 0.25) is 0 Å². The van der Waals surface area contributed by atoms with Gasteiger partial charge < -0.3 is 20.4 Å². The SMILES string of the molecule is CN1CN(c2nc(N[C@H]3CC[C@H](N(C(=O)NCc4ccccc4)c4ccc(-c5cnn(C)c5)cn4)CC3)ncc2C#N)CC1=O. The first-order chi connectivity index (χ1) is 21.9. The maximum Gasteiger partial charge on any atom is 0.323 e. The predicted molar refractivity (Wildman–Crippen MR) is 169 cm³/mol. The maximum absolute atomic E-state index is 13.7. The number of amides is 3. The molecule has 2 fully saturated rings. The van der Waals surface area contributed by atoms with Crippen molar-refractivity contribution >= 4 is 29.5 Å². The summed E-state index contributed by atoms with van der Waals surface area (Å²) in [5.74, 6) is 1.43. The number of rotatable bonds is 8. The number of carbonyl (C=O) groups is 2. The van der Waals surface area contributed by atoms with Crippen LogP contribution in [0.4, 0.5) is 22.4 Å². The lowest BCUT2D eigenvalue weighted by molar-refractivity contribution is -0.125. The molecule has 13 nitrogen and oxygen atoms in total. The highest BCUT2D eigenvalue weighted by atomic mass is 16.2. The molecule has 4 heterocycles. The molecular weight excluding hydrogens is 570 g/mol. The van der Waals surface area contributed by atoms with Crippen molar-refractivity contribution in [2.45, 2.75) is 44.3 Å². The molecule has 3 aromatic heterocycles. The van der Waals surface area contributed by atoms with Gasteiger partial charge in [0.1, 0.15) is 24.0 Å². The number of pyridine rings is 1. The van der Waals surface area contributed by atoms with Crippen LogP contribution in [0.3, 0.4) is 0 Å². The average molecular weight is 606 g/mol. The smallest absolute Gasteiger partial charge is 0.323 e. The van der Waals surface area contributed by atoms with Gasteiger partial charge in [-0.1, -0.05) is 30.3 Å². The van der Waals surface area contributed by atoms with Gasteiger partial charge in [0.05, 0.1) is 19.1 Å². The Kier molecular flexibility index (Phi) is 8.54. The van der Waals surface area contributed by atoms with Crippen molar-refractivity contribution in [1.29, 1.82) is 5.26 Å². The van der Waals surface area contributed by atoms with Gasteiger partial charge in [0.25, 0.3) is 0 Å². The minimum absolute atomic E-state index is 0.0242. The first-order valence-corrected chi connectivity index (χ1v) is 15.0. The first kappa shape index (κ1) is 29.6. The van der Waals surface area contributed by atoms with Gasteiger partial charge in [-0.3, -0.25) is 14.4 Å². The Balaban J connectivity index is 1.15. The van der Waals surface area contributed by atoms with E-state index in [9.17, 15) is 14.9 Å². The van der Waals surface area contributed by atoms with Crippen LogP contribution in [-0.4, -0.2) is 73.9 Å². The van der Waals surface area contributed by atoms with E-state index in [1.165, 1.54) is 6.20 Å². The summed E-state index contributed by atoms with van der Waals surface area (Å²) in [5, 5.41) is 20.4. The second kappa shape index (κ2) is 13.0. The fourth-order valence-corrected chi connectivity index (χ4v) is 5.82. The summed E-state index contributed by atoms with van der Waals surface area (Å²) >= 11 is 0. The minimum atomic E-state index is -0.193. The quantitative estimate of drug-likeness (QED) is 0.308. The van der Waals surface area contributed by atoms with E-state index in [4.69, 9.17) is 4.98 Å². The predicted octanol–water partition coefficient (Wildman–Crippen LogP) is 3.52. The summed E-state index contributed by atoms with van der Waals surface area (Å²) < 4.78 is 1.74. The van der Waals surface area contributed by atoms with Crippen LogP contribution in [0, 0.1) is 11.3 Å². The zero-order valence-corrected chi connectivity index (χ0v) is 25.3. The molecule has 1 aliphatic carbocycles. The number of likely N-dealkylation sites (N-methyl/N-ethyl adjacent to an activating group) is 1. The van der Waals surface area contributed by atoms with Crippen molar-refractivity contribution in [3.63, 3.8) is 0 Å². The van der Waals surface area contributed by atoms with Crippen LogP contribution < -0.4 is 20.4 Å². The number of carbonyl (C=O) groups excluding carboxylic acids is 2. The summed E-state index contributed by atoms with van der Waals surface area (Å²) in [7, 11) is 3.60. The van der Waals surface area contributed by atoms with Crippen LogP contribution in [0.1, 0.15) is 36.8 Å². The topological polar surface area (TPSA) is 148 Å². The molecule has 45 heavy (non-hydrogen) atoms. The fraction of sp³-hybridized carbons (Fsp3) is 0.344. The normalized spacial score (nSPS) is 18.0. The molecule has 0 atom stereocenters. The number of benzene rings is 1. The Morgan fingerprint density at radius 1 is 1.02 bits per heavy atom. The van der Waals surface area contributed by atoms with Crippen LogP contribution in [0.15, 0.2) is 67.3 Å². The number of aryl methyl sites for hydroxylation is 1. The Bertz CT molecular complexity index is 1690. The number of aromatic nitrogens is 5. The van der Waals surface area contributed by atoms with Crippen molar-refractivity contribution in [3.05, 3.63) is 78.4 Å². The molecule has 1 aliphatic heterocycles. The molecule has 6 rings (SSSR count). The van der Waals surface area contributed by atoms with Gasteiger partial charge in [0, 0.05) is 56.2 Å². The van der Waals surface area contributed by atoms with Crippen molar-refractivity contribution in [3.8, 4) is 17.2 Å². The monoisotopic (exact) mass is 605 g/mol. The largest absolute Gasteiger partial charge is 0.351 e. The van der Waals surface area contributed by atoms with E-state index < -0.39 is 0 Å². The molecular formula is C32H35N11O2. The number of hydrogen-bond acceptors (Lipinski definition) is 9. The van der Waals surface area contributed by atoms with Gasteiger partial charge in [0.15, 0.2) is 5.82 Å². The second-order valence-electron chi connectivity index (χ2n) is 11.4. The van der Waals surface area contributed by atoms with Gasteiger partial charge >= 0.3 is 6.03 Å². The molecule has 1 saturated carbocycles. The third-order valence-corrected chi connectivity index (χ3v) is 8.26. The third kappa shape index (κ3) is 6.70. The average Bonchev–Trinajstić information content (AvgIpc) is 3.65. The molecule has 0 bridgehead atoms. The summed E-state index contributed by atoms with van der Waals surface area (Å²) in [5.41, 5.74) is 3.23. The number of nitriles is 1. The zero-order valence-electron chi connectivity index (χ0n) is 25.3. The summed E-state index contributed by atoms with van der Waals surface area (Å²) in [6.07, 6.45) is 10.1. The highest BCUT2D eigenvalue weighted by Crippen LogP contribution is 2.30. The lowest BCUT2D eigenvalue weighted by Crippen LogP contribution is -2.49. The Morgan fingerprint density at radius 2 is 1.82 bits per heavy atom. The van der Waals surface area contributed by atoms with Gasteiger partial charge in [-0.2, -0.15) is 15.3 Å². The molecule has 0 unspecified atom stereocenters. The van der Waals surface area contributed by atoms with Gasteiger partial charge in [-0.05, 0) is 43.4 Å². The van der Waals surface area contributed by atoms with Crippen LogP contribution in [0.25, 0.3) is 11.1 Å². The van der Waals surface area contributed by atoms with Crippen LogP contribution in [0.5, 0.6) is 0 Å². The molecule has 1 aromatic carbocycles. The lowest BCUT2D eigenvalue weighted by atomic mass is 9.90. The maximum atomic E-state index is 13.7. The molecule has 3 amide bonds. The first-order valence-electron chi connectivity index (χ1n) is 15.0. The van der Waals surface area contributed by atoms with E-state index in [2.05, 4.69) is 31.8 Å². The van der Waals surface area contributed by atoms with E-state index in [0.29, 0.717) is 36.4 Å². The summed E-state index contributed by atoms with van der Waals surface area (Å²) in [6.45, 7) is 0.957. The van der Waals surface area contributed by atoms with E-state index in [1.54, 1.807) is 38.8 Å². The summed E-state index contributed by atoms with van der Waals surface area (Å²) in [4.78, 5) is 44.6. The van der Waals surface area contributed by atoms with E-state index >= 15 is 0 Å². The standard InChI is InChI=1S/C32H35N11O2/c1-40-21-42(20-29(40)44)30-24(14-33)17-35-31(39-30)38-26-9-11-27(12-10-26)43(32(45)36-15-22-6-4-3-5-7-22)28-13-8-23(16-34-28)25-18-37-41(2)19-25/h3-8,13,16-19,26-27H,9-12,15,20-21H2,1-2H3,(H,36,45)(H,35,38,39)/t26-,27-. The van der Waals surface area contributed by atoms with Gasteiger partial charge in [0.2, 0.25) is 11.9 Å². The highest BCUT2D eigenvalue weighted by molar-refractivity contribution is 5.91. The van der Waals surface area contributed by atoms with E-state index in [-0.39, 0.29) is 30.6 Å². The lowest BCUT2D eigenvalue weighted by Gasteiger charge is -2.36. The van der Waals surface area contributed by atoms with Crippen molar-refractivity contribution in [2.75, 3.05) is 35.4 Å². The molecule has 0 radical (unpaired) electrons. The number of anilines is 3. The van der Waals surface area contributed by atoms with Crippen LogP contribution >= 0.6 is 0 Å². The number of urea groups is 1. The third-order valence-electron chi connectivity index (χ3n) is 8.26. The Labute approximate surface area is 261 Å². The highest BCUT2D eigenvalue weighted by Gasteiger charge is 2.32. The Hall–Kier alpha value is -5.51. The molecule has 4 aromatic rings. The van der Waals surface area contributed by atoms with E-state index in [0.717, 1.165) is 42.4 Å². The number of nitrogens with zero attached hydrogens (tertiary/aromatic N) is 9. The van der Waals surface area contributed by atoms with E-state index in [1.807, 2.05) is 55.7 Å². The molecule has 2 aliphatic rings. The van der Waals surface area contributed by atoms with Crippen LogP contribution in [-0.2, 0) is 18.4 Å².